The van der Waals surface area contributed by atoms with Gasteiger partial charge in [0, 0.05) is 19.8 Å². The van der Waals surface area contributed by atoms with Gasteiger partial charge in [0.25, 0.3) is 0 Å². The number of hydrogen-bond acceptors (Lipinski definition) is 2. The Morgan fingerprint density at radius 1 is 1.50 bits per heavy atom. The minimum atomic E-state index is 0.352. The van der Waals surface area contributed by atoms with Crippen LogP contribution in [0.1, 0.15) is 26.7 Å². The normalized spacial score (nSPS) is 16.8. The molecule has 0 rings (SSSR count). The van der Waals surface area contributed by atoms with Crippen LogP contribution in [0.2, 0.25) is 0 Å². The molecule has 0 aromatic heterocycles. The summed E-state index contributed by atoms with van der Waals surface area (Å²) in [6.07, 6.45) is 2.14. The summed E-state index contributed by atoms with van der Waals surface area (Å²) in [4.78, 5) is 0. The Morgan fingerprint density at radius 2 is 2.10 bits per heavy atom. The molecule has 0 aliphatic heterocycles. The zero-order valence-electron chi connectivity index (χ0n) is 7.26. The minimum absolute atomic E-state index is 0.352. The Morgan fingerprint density at radius 3 is 2.50 bits per heavy atom. The van der Waals surface area contributed by atoms with E-state index in [1.807, 2.05) is 0 Å². The molecule has 0 aliphatic carbocycles. The molecule has 2 nitrogen and oxygen atoms in total. The first-order chi connectivity index (χ1) is 4.70. The quantitative estimate of drug-likeness (QED) is 0.634. The Balaban J connectivity index is 3.27. The van der Waals surface area contributed by atoms with Gasteiger partial charge < -0.3 is 10.5 Å². The van der Waals surface area contributed by atoms with Crippen LogP contribution in [-0.4, -0.2) is 19.8 Å². The van der Waals surface area contributed by atoms with E-state index in [0.29, 0.717) is 12.0 Å². The summed E-state index contributed by atoms with van der Waals surface area (Å²) in [5.41, 5.74) is 5.75. The molecular weight excluding hydrogens is 126 g/mol. The summed E-state index contributed by atoms with van der Waals surface area (Å²) in [7, 11) is 1.73. The fourth-order valence-corrected chi connectivity index (χ4v) is 1.04. The van der Waals surface area contributed by atoms with Crippen LogP contribution in [0.3, 0.4) is 0 Å². The van der Waals surface area contributed by atoms with Gasteiger partial charge in [0.05, 0.1) is 0 Å². The maximum Gasteiger partial charge on any atom is 0.0488 e. The lowest BCUT2D eigenvalue weighted by Crippen LogP contribution is -2.23. The van der Waals surface area contributed by atoms with Gasteiger partial charge in [-0.1, -0.05) is 13.8 Å². The SMILES string of the molecule is CCC(N)CC(C)COC. The first-order valence-corrected chi connectivity index (χ1v) is 3.95. The number of ether oxygens (including phenoxy) is 1. The highest BCUT2D eigenvalue weighted by molar-refractivity contribution is 4.62. The van der Waals surface area contributed by atoms with Crippen LogP contribution in [0.5, 0.6) is 0 Å². The van der Waals surface area contributed by atoms with Gasteiger partial charge in [0.2, 0.25) is 0 Å². The van der Waals surface area contributed by atoms with Crippen LogP contribution in [0.15, 0.2) is 0 Å². The molecule has 2 unspecified atom stereocenters. The van der Waals surface area contributed by atoms with Crippen molar-refractivity contribution in [3.05, 3.63) is 0 Å². The molecule has 0 aromatic carbocycles. The number of hydrogen-bond donors (Lipinski definition) is 1. The second-order valence-corrected chi connectivity index (χ2v) is 2.96. The number of nitrogens with two attached hydrogens (primary N) is 1. The Kier molecular flexibility index (Phi) is 5.64. The Bertz CT molecular complexity index is 75.7. The molecule has 0 saturated heterocycles. The predicted octanol–water partition coefficient (Wildman–Crippen LogP) is 1.40. The van der Waals surface area contributed by atoms with E-state index in [2.05, 4.69) is 13.8 Å². The van der Waals surface area contributed by atoms with Crippen molar-refractivity contribution >= 4 is 0 Å². The molecule has 0 amide bonds. The highest BCUT2D eigenvalue weighted by atomic mass is 16.5. The highest BCUT2D eigenvalue weighted by Gasteiger charge is 2.05. The van der Waals surface area contributed by atoms with E-state index in [0.717, 1.165) is 19.4 Å². The molecule has 0 aliphatic rings. The molecule has 0 bridgehead atoms. The first kappa shape index (κ1) is 9.92. The summed E-state index contributed by atoms with van der Waals surface area (Å²) < 4.78 is 4.99. The van der Waals surface area contributed by atoms with Gasteiger partial charge in [-0.25, -0.2) is 0 Å². The smallest absolute Gasteiger partial charge is 0.0488 e. The van der Waals surface area contributed by atoms with Gasteiger partial charge in [-0.3, -0.25) is 0 Å². The molecule has 0 fully saturated rings. The zero-order chi connectivity index (χ0) is 7.98. The summed E-state index contributed by atoms with van der Waals surface area (Å²) >= 11 is 0. The van der Waals surface area contributed by atoms with Gasteiger partial charge in [0.1, 0.15) is 0 Å². The largest absolute Gasteiger partial charge is 0.384 e. The van der Waals surface area contributed by atoms with Crippen molar-refractivity contribution in [2.75, 3.05) is 13.7 Å². The van der Waals surface area contributed by atoms with Crippen LogP contribution < -0.4 is 5.73 Å². The topological polar surface area (TPSA) is 35.2 Å². The molecule has 2 heteroatoms. The van der Waals surface area contributed by atoms with Crippen LogP contribution in [0.25, 0.3) is 0 Å². The molecule has 0 radical (unpaired) electrons. The van der Waals surface area contributed by atoms with Crippen molar-refractivity contribution in [2.45, 2.75) is 32.7 Å². The van der Waals surface area contributed by atoms with Crippen molar-refractivity contribution in [1.82, 2.24) is 0 Å². The molecule has 0 spiro atoms. The summed E-state index contributed by atoms with van der Waals surface area (Å²) in [5, 5.41) is 0. The van der Waals surface area contributed by atoms with E-state index in [1.165, 1.54) is 0 Å². The van der Waals surface area contributed by atoms with E-state index in [-0.39, 0.29) is 0 Å². The lowest BCUT2D eigenvalue weighted by atomic mass is 10.0. The second kappa shape index (κ2) is 5.69. The first-order valence-electron chi connectivity index (χ1n) is 3.95. The summed E-state index contributed by atoms with van der Waals surface area (Å²) in [6, 6.07) is 0.352. The average Bonchev–Trinajstić information content (AvgIpc) is 1.88. The lowest BCUT2D eigenvalue weighted by Gasteiger charge is -2.14. The highest BCUT2D eigenvalue weighted by Crippen LogP contribution is 2.06. The van der Waals surface area contributed by atoms with E-state index in [4.69, 9.17) is 10.5 Å². The van der Waals surface area contributed by atoms with E-state index in [1.54, 1.807) is 7.11 Å². The maximum absolute atomic E-state index is 5.75. The number of methoxy groups -OCH3 is 1. The number of rotatable bonds is 5. The molecule has 0 saturated carbocycles. The van der Waals surface area contributed by atoms with Crippen LogP contribution in [0, 0.1) is 5.92 Å². The monoisotopic (exact) mass is 145 g/mol. The zero-order valence-corrected chi connectivity index (χ0v) is 7.26. The minimum Gasteiger partial charge on any atom is -0.384 e. The molecule has 0 heterocycles. The molecule has 0 aromatic rings. The Labute approximate surface area is 63.7 Å². The van der Waals surface area contributed by atoms with Gasteiger partial charge in [-0.05, 0) is 18.8 Å². The van der Waals surface area contributed by atoms with Gasteiger partial charge in [-0.15, -0.1) is 0 Å². The Hall–Kier alpha value is -0.0800. The molecule has 2 atom stereocenters. The average molecular weight is 145 g/mol. The predicted molar refractivity (Wildman–Crippen MR) is 43.9 cm³/mol. The third kappa shape index (κ3) is 4.77. The molecule has 2 N–H and O–H groups in total. The van der Waals surface area contributed by atoms with Gasteiger partial charge in [-0.2, -0.15) is 0 Å². The van der Waals surface area contributed by atoms with Crippen LogP contribution in [0.4, 0.5) is 0 Å². The van der Waals surface area contributed by atoms with E-state index in [9.17, 15) is 0 Å². The standard InChI is InChI=1S/C8H19NO/c1-4-8(9)5-7(2)6-10-3/h7-8H,4-6,9H2,1-3H3. The maximum atomic E-state index is 5.75. The fraction of sp³-hybridized carbons (Fsp3) is 1.00. The third-order valence-corrected chi connectivity index (χ3v) is 1.68. The fourth-order valence-electron chi connectivity index (χ4n) is 1.04. The molecular formula is C8H19NO. The molecule has 10 heavy (non-hydrogen) atoms. The van der Waals surface area contributed by atoms with Crippen molar-refractivity contribution in [1.29, 1.82) is 0 Å². The summed E-state index contributed by atoms with van der Waals surface area (Å²) in [5.74, 6) is 0.597. The van der Waals surface area contributed by atoms with Gasteiger partial charge >= 0.3 is 0 Å². The second-order valence-electron chi connectivity index (χ2n) is 2.96. The third-order valence-electron chi connectivity index (χ3n) is 1.68. The van der Waals surface area contributed by atoms with Crippen molar-refractivity contribution in [3.63, 3.8) is 0 Å². The van der Waals surface area contributed by atoms with Crippen molar-refractivity contribution in [3.8, 4) is 0 Å². The summed E-state index contributed by atoms with van der Waals surface area (Å²) in [6.45, 7) is 5.11. The van der Waals surface area contributed by atoms with Crippen molar-refractivity contribution < 1.29 is 4.74 Å². The van der Waals surface area contributed by atoms with E-state index >= 15 is 0 Å². The van der Waals surface area contributed by atoms with Crippen LogP contribution in [-0.2, 0) is 4.74 Å². The lowest BCUT2D eigenvalue weighted by molar-refractivity contribution is 0.151. The van der Waals surface area contributed by atoms with Crippen LogP contribution >= 0.6 is 0 Å². The van der Waals surface area contributed by atoms with Crippen molar-refractivity contribution in [2.24, 2.45) is 11.7 Å². The van der Waals surface area contributed by atoms with Gasteiger partial charge in [0.15, 0.2) is 0 Å². The van der Waals surface area contributed by atoms with E-state index < -0.39 is 0 Å². The molecule has 62 valence electrons.